The minimum atomic E-state index is -2.73. The Hall–Kier alpha value is -3.99. The Morgan fingerprint density at radius 1 is 1.18 bits per heavy atom. The predicted molar refractivity (Wildman–Crippen MR) is 112 cm³/mol. The van der Waals surface area contributed by atoms with E-state index in [1.54, 1.807) is 0 Å². The summed E-state index contributed by atoms with van der Waals surface area (Å²) in [6.07, 6.45) is -0.793. The van der Waals surface area contributed by atoms with E-state index in [1.165, 1.54) is 17.5 Å². The predicted octanol–water partition coefficient (Wildman–Crippen LogP) is 3.82. The molecule has 4 rings (SSSR count). The Labute approximate surface area is 188 Å². The fourth-order valence-electron chi connectivity index (χ4n) is 3.38. The Kier molecular flexibility index (Phi) is 4.60. The first-order valence-corrected chi connectivity index (χ1v) is 9.37. The van der Waals surface area contributed by atoms with Gasteiger partial charge in [0.2, 0.25) is 0 Å². The number of aryl methyl sites for hydroxylation is 2. The topological polar surface area (TPSA) is 106 Å². The number of hydrogen-bond donors (Lipinski definition) is 3. The third-order valence-electron chi connectivity index (χ3n) is 4.91. The molecule has 0 unspecified atom stereocenters. The molecule has 1 amide bonds. The fourth-order valence-corrected chi connectivity index (χ4v) is 3.38. The maximum absolute atomic E-state index is 15.2. The van der Waals surface area contributed by atoms with Crippen LogP contribution in [0.1, 0.15) is 27.3 Å². The highest BCUT2D eigenvalue weighted by molar-refractivity contribution is 5.95. The van der Waals surface area contributed by atoms with Crippen LogP contribution in [-0.4, -0.2) is 25.4 Å². The number of aromatic nitrogens is 3. The van der Waals surface area contributed by atoms with Crippen molar-refractivity contribution in [3.05, 3.63) is 76.9 Å². The molecule has 7 nitrogen and oxygen atoms in total. The van der Waals surface area contributed by atoms with Gasteiger partial charge >= 0.3 is 0 Å². The Bertz CT molecular complexity index is 1500. The Morgan fingerprint density at radius 2 is 1.88 bits per heavy atom. The van der Waals surface area contributed by atoms with Crippen molar-refractivity contribution in [2.24, 2.45) is 0 Å². The van der Waals surface area contributed by atoms with Crippen LogP contribution in [0.25, 0.3) is 16.8 Å². The number of fused-ring (bicyclic) bond motifs is 1. The molecule has 0 spiro atoms. The number of aliphatic hydroxyl groups excluding tert-OH is 1. The minimum absolute atomic E-state index is 0.0558. The van der Waals surface area contributed by atoms with Crippen molar-refractivity contribution in [2.75, 3.05) is 11.1 Å². The number of carbonyl (C=O) groups is 1. The van der Waals surface area contributed by atoms with E-state index in [1.807, 2.05) is 5.32 Å². The highest BCUT2D eigenvalue weighted by Gasteiger charge is 2.25. The lowest BCUT2D eigenvalue weighted by Gasteiger charge is -2.14. The summed E-state index contributed by atoms with van der Waals surface area (Å²) in [4.78, 5) is 20.3. The SMILES string of the molecule is [2H]C([2H])([2H])c1nc(-c2ccc(NC(=O)[C@@H](O)c3cc(F)cc(F)c3)c(F)c2F)c2c(N)ncc(C)n12. The molecular formula is C22H17F4N5O2. The van der Waals surface area contributed by atoms with Crippen molar-refractivity contribution >= 4 is 22.9 Å². The van der Waals surface area contributed by atoms with E-state index in [0.717, 1.165) is 12.1 Å². The van der Waals surface area contributed by atoms with Gasteiger partial charge in [0.15, 0.2) is 17.7 Å². The Balaban J connectivity index is 1.75. The summed E-state index contributed by atoms with van der Waals surface area (Å²) in [6.45, 7) is -1.19. The molecule has 0 saturated heterocycles. The number of anilines is 2. The average molecular weight is 462 g/mol. The third-order valence-corrected chi connectivity index (χ3v) is 4.91. The second-order valence-electron chi connectivity index (χ2n) is 7.14. The van der Waals surface area contributed by atoms with Gasteiger partial charge < -0.3 is 16.2 Å². The van der Waals surface area contributed by atoms with E-state index in [2.05, 4.69) is 9.97 Å². The van der Waals surface area contributed by atoms with Crippen LogP contribution in [-0.2, 0) is 4.79 Å². The van der Waals surface area contributed by atoms with E-state index in [4.69, 9.17) is 9.85 Å². The molecule has 0 saturated carbocycles. The second-order valence-corrected chi connectivity index (χ2v) is 7.14. The molecule has 1 atom stereocenters. The van der Waals surface area contributed by atoms with Crippen molar-refractivity contribution in [3.63, 3.8) is 0 Å². The number of aliphatic hydroxyl groups is 1. The van der Waals surface area contributed by atoms with Crippen molar-refractivity contribution in [2.45, 2.75) is 19.9 Å². The molecule has 170 valence electrons. The van der Waals surface area contributed by atoms with Crippen LogP contribution in [0.15, 0.2) is 36.5 Å². The zero-order valence-corrected chi connectivity index (χ0v) is 16.8. The minimum Gasteiger partial charge on any atom is -0.382 e. The highest BCUT2D eigenvalue weighted by atomic mass is 19.2. The molecule has 0 aliphatic heterocycles. The number of carbonyl (C=O) groups excluding carboxylic acids is 1. The van der Waals surface area contributed by atoms with Crippen LogP contribution < -0.4 is 11.1 Å². The second kappa shape index (κ2) is 8.17. The fraction of sp³-hybridized carbons (Fsp3) is 0.136. The standard InChI is InChI=1S/C22H17F4N5O2/c1-9-8-28-21(27)19-18(29-10(2)31(9)19)14-3-4-15(17(26)16(14)25)30-22(33)20(32)11-5-12(23)7-13(24)6-11/h3-8,20,32H,1-2H3,(H2,27,28)(H,30,33)/t20-/m0/s1/i2D3. The van der Waals surface area contributed by atoms with Crippen LogP contribution in [0.3, 0.4) is 0 Å². The lowest BCUT2D eigenvalue weighted by atomic mass is 10.1. The summed E-state index contributed by atoms with van der Waals surface area (Å²) in [7, 11) is 0. The van der Waals surface area contributed by atoms with E-state index in [9.17, 15) is 23.1 Å². The van der Waals surface area contributed by atoms with Crippen molar-refractivity contribution in [1.29, 1.82) is 0 Å². The van der Waals surface area contributed by atoms with Crippen LogP contribution in [0.2, 0.25) is 0 Å². The number of imidazole rings is 1. The van der Waals surface area contributed by atoms with E-state index in [-0.39, 0.29) is 17.0 Å². The first-order chi connectivity index (χ1) is 16.8. The number of nitrogens with two attached hydrogens (primary N) is 1. The van der Waals surface area contributed by atoms with Gasteiger partial charge in [-0.05, 0) is 43.6 Å². The molecule has 0 radical (unpaired) electrons. The van der Waals surface area contributed by atoms with Crippen molar-refractivity contribution in [3.8, 4) is 11.3 Å². The monoisotopic (exact) mass is 462 g/mol. The number of rotatable bonds is 4. The summed E-state index contributed by atoms with van der Waals surface area (Å²) < 4.78 is 81.3. The van der Waals surface area contributed by atoms with Crippen molar-refractivity contribution in [1.82, 2.24) is 14.4 Å². The zero-order valence-electron chi connectivity index (χ0n) is 19.8. The number of amides is 1. The maximum Gasteiger partial charge on any atom is 0.257 e. The summed E-state index contributed by atoms with van der Waals surface area (Å²) in [6, 6.07) is 3.92. The van der Waals surface area contributed by atoms with Gasteiger partial charge in [-0.15, -0.1) is 0 Å². The van der Waals surface area contributed by atoms with Gasteiger partial charge in [-0.2, -0.15) is 0 Å². The van der Waals surface area contributed by atoms with Gasteiger partial charge in [0, 0.05) is 27.6 Å². The molecular weight excluding hydrogens is 442 g/mol. The van der Waals surface area contributed by atoms with Gasteiger partial charge in [0.25, 0.3) is 5.91 Å². The first-order valence-electron chi connectivity index (χ1n) is 10.9. The zero-order chi connectivity index (χ0) is 26.5. The molecule has 4 N–H and O–H groups in total. The van der Waals surface area contributed by atoms with E-state index < -0.39 is 64.8 Å². The van der Waals surface area contributed by atoms with Gasteiger partial charge in [-0.25, -0.2) is 27.5 Å². The molecule has 0 aliphatic rings. The van der Waals surface area contributed by atoms with E-state index >= 15 is 4.39 Å². The number of nitrogens with one attached hydrogen (secondary N) is 1. The van der Waals surface area contributed by atoms with Gasteiger partial charge in [-0.3, -0.25) is 9.20 Å². The summed E-state index contributed by atoms with van der Waals surface area (Å²) in [5.41, 5.74) is 4.28. The van der Waals surface area contributed by atoms with Gasteiger partial charge in [0.05, 0.1) is 5.69 Å². The molecule has 0 bridgehead atoms. The number of benzene rings is 2. The molecule has 2 aromatic carbocycles. The summed E-state index contributed by atoms with van der Waals surface area (Å²) in [5.74, 6) is -7.07. The molecule has 11 heteroatoms. The number of halogens is 4. The first kappa shape index (κ1) is 18.6. The summed E-state index contributed by atoms with van der Waals surface area (Å²) >= 11 is 0. The number of hydrogen-bond acceptors (Lipinski definition) is 5. The number of nitrogens with zero attached hydrogens (tertiary/aromatic N) is 3. The van der Waals surface area contributed by atoms with Crippen molar-refractivity contribution < 1.29 is 31.6 Å². The van der Waals surface area contributed by atoms with Gasteiger partial charge in [-0.1, -0.05) is 0 Å². The third kappa shape index (κ3) is 3.87. The molecule has 4 aromatic rings. The average Bonchev–Trinajstić information content (AvgIpc) is 3.20. The molecule has 2 heterocycles. The van der Waals surface area contributed by atoms with Crippen LogP contribution >= 0.6 is 0 Å². The number of nitrogen functional groups attached to an aromatic ring is 1. The molecule has 0 fully saturated rings. The van der Waals surface area contributed by atoms with E-state index in [0.29, 0.717) is 23.9 Å². The van der Waals surface area contributed by atoms with Crippen LogP contribution in [0.4, 0.5) is 29.1 Å². The summed E-state index contributed by atoms with van der Waals surface area (Å²) in [5, 5.41) is 12.1. The Morgan fingerprint density at radius 3 is 2.55 bits per heavy atom. The largest absolute Gasteiger partial charge is 0.382 e. The molecule has 33 heavy (non-hydrogen) atoms. The van der Waals surface area contributed by atoms with Gasteiger partial charge in [0.1, 0.15) is 34.5 Å². The van der Waals surface area contributed by atoms with Crippen LogP contribution in [0.5, 0.6) is 0 Å². The smallest absolute Gasteiger partial charge is 0.257 e. The normalized spacial score (nSPS) is 13.9. The quantitative estimate of drug-likeness (QED) is 0.400. The highest BCUT2D eigenvalue weighted by Crippen LogP contribution is 2.34. The lowest BCUT2D eigenvalue weighted by molar-refractivity contribution is -0.124. The molecule has 2 aromatic heterocycles. The van der Waals surface area contributed by atoms with Crippen LogP contribution in [0, 0.1) is 37.0 Å². The lowest BCUT2D eigenvalue weighted by Crippen LogP contribution is -2.22. The maximum atomic E-state index is 15.2. The molecule has 0 aliphatic carbocycles.